The molecular weight excluding hydrogens is 194 g/mol. The second-order valence-corrected chi connectivity index (χ2v) is 4.65. The van der Waals surface area contributed by atoms with E-state index >= 15 is 0 Å². The van der Waals surface area contributed by atoms with Crippen molar-refractivity contribution >= 4 is 22.4 Å². The number of aromatic nitrogens is 1. The van der Waals surface area contributed by atoms with Gasteiger partial charge in [0.2, 0.25) is 0 Å². The smallest absolute Gasteiger partial charge is 0.142 e. The van der Waals surface area contributed by atoms with Crippen molar-refractivity contribution in [2.75, 3.05) is 23.7 Å². The SMILES string of the molecule is Cc1c(N)nsc1N1CCCCCC1. The van der Waals surface area contributed by atoms with Crippen molar-refractivity contribution < 1.29 is 0 Å². The lowest BCUT2D eigenvalue weighted by Crippen LogP contribution is -2.23. The molecule has 3 nitrogen and oxygen atoms in total. The summed E-state index contributed by atoms with van der Waals surface area (Å²) in [4.78, 5) is 2.44. The molecule has 1 aliphatic rings. The molecular formula is C10H17N3S. The van der Waals surface area contributed by atoms with Crippen LogP contribution in [0.25, 0.3) is 0 Å². The van der Waals surface area contributed by atoms with Crippen LogP contribution in [-0.2, 0) is 0 Å². The summed E-state index contributed by atoms with van der Waals surface area (Å²) < 4.78 is 4.20. The predicted octanol–water partition coefficient (Wildman–Crippen LogP) is 2.41. The van der Waals surface area contributed by atoms with E-state index in [1.807, 2.05) is 0 Å². The second kappa shape index (κ2) is 4.17. The van der Waals surface area contributed by atoms with Crippen molar-refractivity contribution in [3.05, 3.63) is 5.56 Å². The van der Waals surface area contributed by atoms with Crippen LogP contribution in [0, 0.1) is 6.92 Å². The summed E-state index contributed by atoms with van der Waals surface area (Å²) in [7, 11) is 0. The number of anilines is 2. The van der Waals surface area contributed by atoms with Gasteiger partial charge in [0.25, 0.3) is 0 Å². The number of nitrogen functional groups attached to an aromatic ring is 1. The molecule has 0 unspecified atom stereocenters. The number of nitrogens with two attached hydrogens (primary N) is 1. The maximum Gasteiger partial charge on any atom is 0.142 e. The van der Waals surface area contributed by atoms with E-state index in [0.717, 1.165) is 5.56 Å². The van der Waals surface area contributed by atoms with Crippen molar-refractivity contribution in [1.29, 1.82) is 0 Å². The monoisotopic (exact) mass is 211 g/mol. The maximum atomic E-state index is 5.76. The molecule has 1 fully saturated rings. The molecule has 0 aliphatic carbocycles. The van der Waals surface area contributed by atoms with Gasteiger partial charge in [0.15, 0.2) is 0 Å². The largest absolute Gasteiger partial charge is 0.383 e. The fourth-order valence-corrected chi connectivity index (χ4v) is 2.77. The molecule has 14 heavy (non-hydrogen) atoms. The van der Waals surface area contributed by atoms with Gasteiger partial charge in [-0.05, 0) is 31.3 Å². The fraction of sp³-hybridized carbons (Fsp3) is 0.700. The van der Waals surface area contributed by atoms with Gasteiger partial charge in [-0.1, -0.05) is 12.8 Å². The van der Waals surface area contributed by atoms with Crippen LogP contribution in [0.5, 0.6) is 0 Å². The van der Waals surface area contributed by atoms with Crippen LogP contribution in [0.3, 0.4) is 0 Å². The summed E-state index contributed by atoms with van der Waals surface area (Å²) in [5.41, 5.74) is 6.92. The summed E-state index contributed by atoms with van der Waals surface area (Å²) in [6, 6.07) is 0. The van der Waals surface area contributed by atoms with Gasteiger partial charge in [-0.2, -0.15) is 4.37 Å². The van der Waals surface area contributed by atoms with E-state index in [4.69, 9.17) is 5.73 Å². The highest BCUT2D eigenvalue weighted by atomic mass is 32.1. The van der Waals surface area contributed by atoms with E-state index in [2.05, 4.69) is 16.2 Å². The van der Waals surface area contributed by atoms with Gasteiger partial charge in [-0.25, -0.2) is 0 Å². The van der Waals surface area contributed by atoms with Gasteiger partial charge in [0, 0.05) is 18.7 Å². The molecule has 0 aromatic carbocycles. The first kappa shape index (κ1) is 9.77. The first-order valence-corrected chi connectivity index (χ1v) is 6.03. The summed E-state index contributed by atoms with van der Waals surface area (Å²) in [5.74, 6) is 0.703. The van der Waals surface area contributed by atoms with E-state index < -0.39 is 0 Å². The highest BCUT2D eigenvalue weighted by Crippen LogP contribution is 2.30. The second-order valence-electron chi connectivity index (χ2n) is 3.90. The normalized spacial score (nSPS) is 18.2. The first-order valence-electron chi connectivity index (χ1n) is 5.26. The molecule has 1 aliphatic heterocycles. The van der Waals surface area contributed by atoms with Crippen LogP contribution in [-0.4, -0.2) is 17.5 Å². The highest BCUT2D eigenvalue weighted by molar-refractivity contribution is 7.10. The zero-order chi connectivity index (χ0) is 9.97. The van der Waals surface area contributed by atoms with E-state index in [1.165, 1.54) is 43.8 Å². The van der Waals surface area contributed by atoms with Crippen molar-refractivity contribution in [1.82, 2.24) is 4.37 Å². The molecule has 2 rings (SSSR count). The Morgan fingerprint density at radius 2 is 1.86 bits per heavy atom. The molecule has 2 heterocycles. The quantitative estimate of drug-likeness (QED) is 0.775. The molecule has 0 bridgehead atoms. The maximum absolute atomic E-state index is 5.76. The third-order valence-electron chi connectivity index (χ3n) is 2.83. The van der Waals surface area contributed by atoms with E-state index in [1.54, 1.807) is 11.5 Å². The Morgan fingerprint density at radius 1 is 1.21 bits per heavy atom. The first-order chi connectivity index (χ1) is 6.79. The van der Waals surface area contributed by atoms with E-state index in [-0.39, 0.29) is 0 Å². The van der Waals surface area contributed by atoms with Crippen LogP contribution in [0.15, 0.2) is 0 Å². The molecule has 0 atom stereocenters. The Morgan fingerprint density at radius 3 is 2.36 bits per heavy atom. The number of hydrogen-bond acceptors (Lipinski definition) is 4. The molecule has 1 aromatic rings. The molecule has 0 spiro atoms. The molecule has 0 saturated carbocycles. The van der Waals surface area contributed by atoms with Crippen LogP contribution in [0.1, 0.15) is 31.2 Å². The topological polar surface area (TPSA) is 42.1 Å². The van der Waals surface area contributed by atoms with Crippen molar-refractivity contribution in [2.24, 2.45) is 0 Å². The van der Waals surface area contributed by atoms with Crippen molar-refractivity contribution in [3.63, 3.8) is 0 Å². The van der Waals surface area contributed by atoms with Gasteiger partial charge in [-0.15, -0.1) is 0 Å². The van der Waals surface area contributed by atoms with Gasteiger partial charge in [0.05, 0.1) is 0 Å². The lowest BCUT2D eigenvalue weighted by Gasteiger charge is -2.20. The summed E-state index contributed by atoms with van der Waals surface area (Å²) in [5, 5.41) is 1.28. The average molecular weight is 211 g/mol. The van der Waals surface area contributed by atoms with Crippen molar-refractivity contribution in [2.45, 2.75) is 32.6 Å². The lowest BCUT2D eigenvalue weighted by molar-refractivity contribution is 0.726. The molecule has 2 N–H and O–H groups in total. The van der Waals surface area contributed by atoms with Crippen LogP contribution < -0.4 is 10.6 Å². The van der Waals surface area contributed by atoms with E-state index in [9.17, 15) is 0 Å². The molecule has 0 radical (unpaired) electrons. The summed E-state index contributed by atoms with van der Waals surface area (Å²) in [6.07, 6.45) is 5.34. The van der Waals surface area contributed by atoms with E-state index in [0.29, 0.717) is 5.82 Å². The standard InChI is InChI=1S/C10H17N3S/c1-8-9(11)12-14-10(8)13-6-4-2-3-5-7-13/h2-7H2,1H3,(H2,11,12). The average Bonchev–Trinajstić information content (AvgIpc) is 2.47. The molecule has 4 heteroatoms. The Bertz CT molecular complexity index is 300. The van der Waals surface area contributed by atoms with Gasteiger partial charge in [0.1, 0.15) is 10.8 Å². The molecule has 0 amide bonds. The number of nitrogens with zero attached hydrogens (tertiary/aromatic N) is 2. The third kappa shape index (κ3) is 1.85. The van der Waals surface area contributed by atoms with Crippen LogP contribution in [0.2, 0.25) is 0 Å². The Labute approximate surface area is 89.1 Å². The fourth-order valence-electron chi connectivity index (χ4n) is 1.91. The zero-order valence-corrected chi connectivity index (χ0v) is 9.44. The number of hydrogen-bond donors (Lipinski definition) is 1. The lowest BCUT2D eigenvalue weighted by atomic mass is 10.2. The molecule has 78 valence electrons. The van der Waals surface area contributed by atoms with Gasteiger partial charge in [-0.3, -0.25) is 0 Å². The Balaban J connectivity index is 2.16. The van der Waals surface area contributed by atoms with Crippen LogP contribution in [0.4, 0.5) is 10.8 Å². The Hall–Kier alpha value is -0.770. The minimum absolute atomic E-state index is 0.703. The third-order valence-corrected chi connectivity index (χ3v) is 3.85. The summed E-state index contributed by atoms with van der Waals surface area (Å²) >= 11 is 1.54. The zero-order valence-electron chi connectivity index (χ0n) is 8.62. The summed E-state index contributed by atoms with van der Waals surface area (Å²) in [6.45, 7) is 4.41. The van der Waals surface area contributed by atoms with Gasteiger partial charge >= 0.3 is 0 Å². The minimum Gasteiger partial charge on any atom is -0.383 e. The molecule has 1 aromatic heterocycles. The number of rotatable bonds is 1. The highest BCUT2D eigenvalue weighted by Gasteiger charge is 2.15. The minimum atomic E-state index is 0.703. The van der Waals surface area contributed by atoms with Gasteiger partial charge < -0.3 is 10.6 Å². The molecule has 1 saturated heterocycles. The Kier molecular flexibility index (Phi) is 2.91. The van der Waals surface area contributed by atoms with Crippen molar-refractivity contribution in [3.8, 4) is 0 Å². The predicted molar refractivity (Wildman–Crippen MR) is 61.9 cm³/mol. The van der Waals surface area contributed by atoms with Crippen LogP contribution >= 0.6 is 11.5 Å².